The van der Waals surface area contributed by atoms with E-state index >= 15 is 0 Å². The third-order valence-corrected chi connectivity index (χ3v) is 2.38. The van der Waals surface area contributed by atoms with E-state index in [1.54, 1.807) is 6.20 Å². The molecule has 0 aliphatic rings. The van der Waals surface area contributed by atoms with Gasteiger partial charge < -0.3 is 0 Å². The lowest BCUT2D eigenvalue weighted by atomic mass is 10.1. The number of aromatic nitrogens is 1. The van der Waals surface area contributed by atoms with Crippen molar-refractivity contribution in [1.82, 2.24) is 4.98 Å². The van der Waals surface area contributed by atoms with E-state index < -0.39 is 0 Å². The molecule has 0 spiro atoms. The number of hydrogen-bond acceptors (Lipinski definition) is 1. The largest absolute Gasteiger partial charge is 0.256 e. The van der Waals surface area contributed by atoms with E-state index in [1.807, 2.05) is 30.3 Å². The van der Waals surface area contributed by atoms with E-state index in [9.17, 15) is 0 Å². The lowest BCUT2D eigenvalue weighted by Gasteiger charge is -2.03. The summed E-state index contributed by atoms with van der Waals surface area (Å²) in [5.74, 6) is 0. The van der Waals surface area contributed by atoms with Crippen molar-refractivity contribution in [3.8, 4) is 11.3 Å². The zero-order valence-corrected chi connectivity index (χ0v) is 8.62. The Kier molecular flexibility index (Phi) is 2.51. The van der Waals surface area contributed by atoms with E-state index in [-0.39, 0.29) is 0 Å². The first kappa shape index (κ1) is 9.22. The van der Waals surface area contributed by atoms with Gasteiger partial charge in [-0.3, -0.25) is 4.98 Å². The van der Waals surface area contributed by atoms with Crippen LogP contribution in [0, 0.1) is 6.92 Å². The predicted molar refractivity (Wildman–Crippen MR) is 59.4 cm³/mol. The van der Waals surface area contributed by atoms with Gasteiger partial charge in [-0.1, -0.05) is 29.8 Å². The fourth-order valence-corrected chi connectivity index (χ4v) is 1.52. The van der Waals surface area contributed by atoms with Crippen molar-refractivity contribution in [2.45, 2.75) is 6.92 Å². The van der Waals surface area contributed by atoms with Crippen LogP contribution in [0.15, 0.2) is 42.6 Å². The van der Waals surface area contributed by atoms with Gasteiger partial charge in [-0.05, 0) is 30.7 Å². The van der Waals surface area contributed by atoms with Crippen LogP contribution in [0.5, 0.6) is 0 Å². The summed E-state index contributed by atoms with van der Waals surface area (Å²) in [4.78, 5) is 4.34. The molecule has 0 fully saturated rings. The van der Waals surface area contributed by atoms with E-state index in [1.165, 1.54) is 5.56 Å². The summed E-state index contributed by atoms with van der Waals surface area (Å²) in [5.41, 5.74) is 3.30. The number of halogens is 1. The lowest BCUT2D eigenvalue weighted by molar-refractivity contribution is 1.27. The van der Waals surface area contributed by atoms with Crippen LogP contribution in [0.3, 0.4) is 0 Å². The molecule has 0 radical (unpaired) electrons. The maximum absolute atomic E-state index is 5.82. The highest BCUT2D eigenvalue weighted by atomic mass is 35.5. The quantitative estimate of drug-likeness (QED) is 0.689. The van der Waals surface area contributed by atoms with Gasteiger partial charge in [0.2, 0.25) is 0 Å². The standard InChI is InChI=1S/C12H10ClN/c1-9-3-2-8-14-12(9)10-4-6-11(13)7-5-10/h2-8H,1H3. The smallest absolute Gasteiger partial charge is 0.0731 e. The van der Waals surface area contributed by atoms with Crippen molar-refractivity contribution in [1.29, 1.82) is 0 Å². The molecule has 0 amide bonds. The molecule has 0 aliphatic carbocycles. The molecular weight excluding hydrogens is 194 g/mol. The summed E-state index contributed by atoms with van der Waals surface area (Å²) < 4.78 is 0. The minimum Gasteiger partial charge on any atom is -0.256 e. The Bertz CT molecular complexity index is 434. The highest BCUT2D eigenvalue weighted by Gasteiger charge is 2.01. The zero-order valence-electron chi connectivity index (χ0n) is 7.87. The van der Waals surface area contributed by atoms with Crippen molar-refractivity contribution in [2.24, 2.45) is 0 Å². The summed E-state index contributed by atoms with van der Waals surface area (Å²) in [5, 5.41) is 0.752. The molecule has 0 aliphatic heterocycles. The maximum Gasteiger partial charge on any atom is 0.0731 e. The van der Waals surface area contributed by atoms with Crippen molar-refractivity contribution in [3.05, 3.63) is 53.2 Å². The number of rotatable bonds is 1. The molecule has 2 aromatic rings. The molecule has 0 saturated heterocycles. The topological polar surface area (TPSA) is 12.9 Å². The van der Waals surface area contributed by atoms with Gasteiger partial charge in [0.25, 0.3) is 0 Å². The van der Waals surface area contributed by atoms with Crippen LogP contribution in [-0.2, 0) is 0 Å². The second-order valence-electron chi connectivity index (χ2n) is 3.18. The molecule has 1 heterocycles. The molecule has 70 valence electrons. The second-order valence-corrected chi connectivity index (χ2v) is 3.61. The van der Waals surface area contributed by atoms with Gasteiger partial charge in [0.05, 0.1) is 5.69 Å². The number of pyridine rings is 1. The second kappa shape index (κ2) is 3.81. The molecule has 2 heteroatoms. The van der Waals surface area contributed by atoms with Crippen LogP contribution < -0.4 is 0 Å². The van der Waals surface area contributed by atoms with Crippen LogP contribution in [-0.4, -0.2) is 4.98 Å². The van der Waals surface area contributed by atoms with Gasteiger partial charge >= 0.3 is 0 Å². The third-order valence-electron chi connectivity index (χ3n) is 2.13. The molecule has 0 N–H and O–H groups in total. The highest BCUT2D eigenvalue weighted by molar-refractivity contribution is 6.30. The van der Waals surface area contributed by atoms with Crippen LogP contribution >= 0.6 is 11.6 Å². The molecule has 1 aromatic carbocycles. The first-order valence-corrected chi connectivity index (χ1v) is 4.83. The van der Waals surface area contributed by atoms with Crippen molar-refractivity contribution < 1.29 is 0 Å². The van der Waals surface area contributed by atoms with E-state index in [4.69, 9.17) is 11.6 Å². The summed E-state index contributed by atoms with van der Waals surface area (Å²) in [7, 11) is 0. The van der Waals surface area contributed by atoms with Gasteiger partial charge in [0.15, 0.2) is 0 Å². The van der Waals surface area contributed by atoms with Crippen LogP contribution in [0.1, 0.15) is 5.56 Å². The average molecular weight is 204 g/mol. The van der Waals surface area contributed by atoms with Crippen LogP contribution in [0.2, 0.25) is 5.02 Å². The predicted octanol–water partition coefficient (Wildman–Crippen LogP) is 3.71. The Hall–Kier alpha value is -1.34. The van der Waals surface area contributed by atoms with Gasteiger partial charge in [-0.2, -0.15) is 0 Å². The first-order valence-electron chi connectivity index (χ1n) is 4.45. The van der Waals surface area contributed by atoms with Crippen molar-refractivity contribution in [2.75, 3.05) is 0 Å². The summed E-state index contributed by atoms with van der Waals surface area (Å²) in [6.45, 7) is 2.05. The van der Waals surface area contributed by atoms with Crippen LogP contribution in [0.25, 0.3) is 11.3 Å². The molecule has 0 saturated carbocycles. The summed E-state index contributed by atoms with van der Waals surface area (Å²) in [6, 6.07) is 11.7. The Balaban J connectivity index is 2.50. The fourth-order valence-electron chi connectivity index (χ4n) is 1.40. The third kappa shape index (κ3) is 1.78. The van der Waals surface area contributed by atoms with Gasteiger partial charge in [0.1, 0.15) is 0 Å². The Morgan fingerprint density at radius 2 is 1.79 bits per heavy atom. The van der Waals surface area contributed by atoms with Crippen molar-refractivity contribution >= 4 is 11.6 Å². The fraction of sp³-hybridized carbons (Fsp3) is 0.0833. The average Bonchev–Trinajstić information content (AvgIpc) is 2.20. The maximum atomic E-state index is 5.82. The van der Waals surface area contributed by atoms with Gasteiger partial charge in [-0.15, -0.1) is 0 Å². The number of aryl methyl sites for hydroxylation is 1. The minimum atomic E-state index is 0.752. The monoisotopic (exact) mass is 203 g/mol. The lowest BCUT2D eigenvalue weighted by Crippen LogP contribution is -1.86. The molecule has 1 nitrogen and oxygen atoms in total. The Labute approximate surface area is 88.4 Å². The molecule has 0 bridgehead atoms. The van der Waals surface area contributed by atoms with Gasteiger partial charge in [0, 0.05) is 16.8 Å². The zero-order chi connectivity index (χ0) is 9.97. The Morgan fingerprint density at radius 3 is 2.43 bits per heavy atom. The minimum absolute atomic E-state index is 0.752. The summed E-state index contributed by atoms with van der Waals surface area (Å²) in [6.07, 6.45) is 1.80. The van der Waals surface area contributed by atoms with E-state index in [0.29, 0.717) is 0 Å². The first-order chi connectivity index (χ1) is 6.77. The van der Waals surface area contributed by atoms with Crippen LogP contribution in [0.4, 0.5) is 0 Å². The number of nitrogens with zero attached hydrogens (tertiary/aromatic N) is 1. The van der Waals surface area contributed by atoms with Crippen molar-refractivity contribution in [3.63, 3.8) is 0 Å². The molecular formula is C12H10ClN. The Morgan fingerprint density at radius 1 is 1.07 bits per heavy atom. The van der Waals surface area contributed by atoms with Gasteiger partial charge in [-0.25, -0.2) is 0 Å². The molecule has 2 rings (SSSR count). The molecule has 1 aromatic heterocycles. The highest BCUT2D eigenvalue weighted by Crippen LogP contribution is 2.21. The number of benzene rings is 1. The molecule has 0 unspecified atom stereocenters. The molecule has 0 atom stereocenters. The van der Waals surface area contributed by atoms with E-state index in [2.05, 4.69) is 18.0 Å². The normalized spacial score (nSPS) is 10.1. The summed E-state index contributed by atoms with van der Waals surface area (Å²) >= 11 is 5.82. The number of hydrogen-bond donors (Lipinski definition) is 0. The van der Waals surface area contributed by atoms with E-state index in [0.717, 1.165) is 16.3 Å². The SMILES string of the molecule is Cc1cccnc1-c1ccc(Cl)cc1. The molecule has 14 heavy (non-hydrogen) atoms.